The summed E-state index contributed by atoms with van der Waals surface area (Å²) in [6.45, 7) is 5.66. The average Bonchev–Trinajstić information content (AvgIpc) is 3.56. The van der Waals surface area contributed by atoms with Gasteiger partial charge in [0.25, 0.3) is 0 Å². The minimum atomic E-state index is -2.07. The predicted octanol–water partition coefficient (Wildman–Crippen LogP) is 3.83. The molecule has 0 saturated carbocycles. The van der Waals surface area contributed by atoms with Crippen molar-refractivity contribution in [2.75, 3.05) is 34.1 Å². The zero-order valence-corrected chi connectivity index (χ0v) is 23.8. The van der Waals surface area contributed by atoms with Crippen molar-refractivity contribution in [2.24, 2.45) is 0 Å². The molecule has 1 unspecified atom stereocenters. The van der Waals surface area contributed by atoms with Crippen LogP contribution < -0.4 is 9.47 Å². The van der Waals surface area contributed by atoms with Crippen molar-refractivity contribution in [1.82, 2.24) is 4.90 Å². The van der Waals surface area contributed by atoms with Crippen LogP contribution in [0, 0.1) is 0 Å². The van der Waals surface area contributed by atoms with Crippen molar-refractivity contribution in [1.29, 1.82) is 0 Å². The van der Waals surface area contributed by atoms with E-state index >= 15 is 0 Å². The van der Waals surface area contributed by atoms with E-state index in [1.165, 1.54) is 7.11 Å². The lowest BCUT2D eigenvalue weighted by Crippen LogP contribution is -2.49. The highest BCUT2D eigenvalue weighted by Gasteiger charge is 2.59. The number of esters is 2. The van der Waals surface area contributed by atoms with E-state index in [4.69, 9.17) is 35.3 Å². The first-order valence-electron chi connectivity index (χ1n) is 13.6. The zero-order valence-electron chi connectivity index (χ0n) is 23.1. The van der Waals surface area contributed by atoms with Gasteiger partial charge in [0.05, 0.1) is 32.1 Å². The lowest BCUT2D eigenvalue weighted by atomic mass is 9.77. The van der Waals surface area contributed by atoms with Gasteiger partial charge in [-0.3, -0.25) is 9.69 Å². The Morgan fingerprint density at radius 2 is 1.92 bits per heavy atom. The summed E-state index contributed by atoms with van der Waals surface area (Å²) in [5.41, 5.74) is -0.343. The number of alkyl halides is 1. The van der Waals surface area contributed by atoms with Gasteiger partial charge in [0.15, 0.2) is 23.2 Å². The molecular formula is C29H38ClNO8. The summed E-state index contributed by atoms with van der Waals surface area (Å²) in [5, 5.41) is 11.5. The van der Waals surface area contributed by atoms with Gasteiger partial charge < -0.3 is 28.8 Å². The predicted molar refractivity (Wildman–Crippen MR) is 143 cm³/mol. The second-order valence-electron chi connectivity index (χ2n) is 11.6. The number of ether oxygens (including phenoxy) is 5. The second-order valence-corrected chi connectivity index (χ2v) is 12.7. The van der Waals surface area contributed by atoms with Gasteiger partial charge in [-0.1, -0.05) is 0 Å². The van der Waals surface area contributed by atoms with Crippen molar-refractivity contribution < 1.29 is 38.4 Å². The summed E-state index contributed by atoms with van der Waals surface area (Å²) in [4.78, 5) is 28.0. The fraction of sp³-hybridized carbons (Fsp3) is 0.655. The molecule has 4 atom stereocenters. The Hall–Kier alpha value is -2.49. The number of hydrogen-bond donors (Lipinski definition) is 1. The molecule has 1 fully saturated rings. The minimum absolute atomic E-state index is 0.00699. The third-order valence-electron chi connectivity index (χ3n) is 8.60. The van der Waals surface area contributed by atoms with E-state index in [-0.39, 0.29) is 19.1 Å². The van der Waals surface area contributed by atoms with E-state index in [0.29, 0.717) is 30.1 Å². The summed E-state index contributed by atoms with van der Waals surface area (Å²) < 4.78 is 28.2. The third kappa shape index (κ3) is 5.21. The number of hydrogen-bond acceptors (Lipinski definition) is 9. The topological polar surface area (TPSA) is 104 Å². The van der Waals surface area contributed by atoms with Crippen LogP contribution in [-0.2, 0) is 30.2 Å². The van der Waals surface area contributed by atoms with Crippen molar-refractivity contribution in [3.63, 3.8) is 0 Å². The average molecular weight is 564 g/mol. The van der Waals surface area contributed by atoms with Crippen LogP contribution in [0.25, 0.3) is 0 Å². The largest absolute Gasteiger partial charge is 0.497 e. The molecule has 1 N–H and O–H groups in total. The Morgan fingerprint density at radius 3 is 2.62 bits per heavy atom. The Balaban J connectivity index is 1.50. The molecule has 9 nitrogen and oxygen atoms in total. The van der Waals surface area contributed by atoms with Gasteiger partial charge in [0, 0.05) is 11.4 Å². The van der Waals surface area contributed by atoms with Gasteiger partial charge >= 0.3 is 11.9 Å². The first-order valence-corrected chi connectivity index (χ1v) is 14.0. The molecule has 0 radical (unpaired) electrons. The highest BCUT2D eigenvalue weighted by molar-refractivity contribution is 6.23. The monoisotopic (exact) mass is 563 g/mol. The van der Waals surface area contributed by atoms with Gasteiger partial charge in [-0.15, -0.1) is 11.6 Å². The molecule has 1 spiro atoms. The van der Waals surface area contributed by atoms with Gasteiger partial charge in [0.2, 0.25) is 6.79 Å². The zero-order chi connectivity index (χ0) is 28.0. The summed E-state index contributed by atoms with van der Waals surface area (Å²) in [5.74, 6) is 0.0622. The van der Waals surface area contributed by atoms with Crippen molar-refractivity contribution in [3.8, 4) is 11.5 Å². The molecule has 10 heteroatoms. The Bertz CT molecular complexity index is 1160. The molecular weight excluding hydrogens is 526 g/mol. The van der Waals surface area contributed by atoms with Crippen LogP contribution >= 0.6 is 11.6 Å². The number of nitrogens with zero attached hydrogens (tertiary/aromatic N) is 1. The minimum Gasteiger partial charge on any atom is -0.497 e. The Labute approximate surface area is 234 Å². The standard InChI is InChI=1S/C29H38ClNO8/c1-27(2,30)8-5-10-29(34,16-23(32)36-4)26(33)39-25-22(35-3)15-28-9-6-11-31(28)12-7-18-13-20-21(38-17-37-20)14-19(18)24(25)28/h13-15,24-25,34H,5-12,16-17H2,1-4H3/t24-,25?,28+,29+/m1/s1. The maximum Gasteiger partial charge on any atom is 0.339 e. The van der Waals surface area contributed by atoms with Crippen molar-refractivity contribution >= 4 is 23.5 Å². The van der Waals surface area contributed by atoms with Crippen LogP contribution in [0.4, 0.5) is 0 Å². The fourth-order valence-electron chi connectivity index (χ4n) is 6.69. The molecule has 3 aliphatic heterocycles. The van der Waals surface area contributed by atoms with Gasteiger partial charge in [-0.25, -0.2) is 4.79 Å². The Kier molecular flexibility index (Phi) is 7.54. The number of carbonyl (C=O) groups excluding carboxylic acids is 2. The molecule has 214 valence electrons. The van der Waals surface area contributed by atoms with E-state index in [9.17, 15) is 14.7 Å². The Morgan fingerprint density at radius 1 is 1.18 bits per heavy atom. The van der Waals surface area contributed by atoms with Gasteiger partial charge in [0.1, 0.15) is 5.76 Å². The smallest absolute Gasteiger partial charge is 0.339 e. The number of halogens is 1. The number of methoxy groups -OCH3 is 2. The number of rotatable bonds is 9. The first kappa shape index (κ1) is 28.1. The summed E-state index contributed by atoms with van der Waals surface area (Å²) >= 11 is 6.34. The molecule has 5 rings (SSSR count). The molecule has 3 heterocycles. The number of benzene rings is 1. The van der Waals surface area contributed by atoms with Crippen LogP contribution in [-0.4, -0.2) is 78.2 Å². The molecule has 1 saturated heterocycles. The van der Waals surface area contributed by atoms with E-state index in [2.05, 4.69) is 11.0 Å². The maximum absolute atomic E-state index is 13.8. The quantitative estimate of drug-likeness (QED) is 0.354. The van der Waals surface area contributed by atoms with Crippen LogP contribution in [0.2, 0.25) is 0 Å². The summed E-state index contributed by atoms with van der Waals surface area (Å²) in [6.07, 6.45) is 4.46. The van der Waals surface area contributed by atoms with Crippen LogP contribution in [0.3, 0.4) is 0 Å². The highest BCUT2D eigenvalue weighted by atomic mass is 35.5. The molecule has 0 aromatic heterocycles. The molecule has 4 aliphatic rings. The second kappa shape index (κ2) is 10.5. The van der Waals surface area contributed by atoms with Crippen molar-refractivity contribution in [3.05, 3.63) is 35.1 Å². The normalized spacial score (nSPS) is 27.0. The lowest BCUT2D eigenvalue weighted by molar-refractivity contribution is -0.178. The fourth-order valence-corrected chi connectivity index (χ4v) is 6.83. The highest BCUT2D eigenvalue weighted by Crippen LogP contribution is 2.55. The molecule has 0 bridgehead atoms. The molecule has 1 aromatic carbocycles. The SMILES string of the molecule is COC(=O)C[C@@](O)(CCCC(C)(C)Cl)C(=O)OC1C(OC)=C[C@]23CCCN2CCc2cc4c(cc2[C@H]13)OCO4. The van der Waals surface area contributed by atoms with E-state index in [1.807, 2.05) is 26.0 Å². The van der Waals surface area contributed by atoms with Gasteiger partial charge in [-0.2, -0.15) is 0 Å². The molecule has 0 amide bonds. The first-order chi connectivity index (χ1) is 18.5. The van der Waals surface area contributed by atoms with E-state index in [1.54, 1.807) is 7.11 Å². The van der Waals surface area contributed by atoms with Gasteiger partial charge in [-0.05, 0) is 88.3 Å². The van der Waals surface area contributed by atoms with Crippen molar-refractivity contribution in [2.45, 2.75) is 86.8 Å². The van der Waals surface area contributed by atoms with E-state index in [0.717, 1.165) is 43.5 Å². The van der Waals surface area contributed by atoms with Crippen LogP contribution in [0.15, 0.2) is 24.0 Å². The molecule has 39 heavy (non-hydrogen) atoms. The molecule has 1 aliphatic carbocycles. The number of aliphatic hydroxyl groups is 1. The molecule has 1 aromatic rings. The summed E-state index contributed by atoms with van der Waals surface area (Å²) in [7, 11) is 2.79. The van der Waals surface area contributed by atoms with E-state index < -0.39 is 40.5 Å². The maximum atomic E-state index is 13.8. The lowest BCUT2D eigenvalue weighted by Gasteiger charge is -2.39. The number of carbonyl (C=O) groups is 2. The third-order valence-corrected chi connectivity index (χ3v) is 8.79. The summed E-state index contributed by atoms with van der Waals surface area (Å²) in [6, 6.07) is 4.03. The number of fused-ring (bicyclic) bond motifs is 3. The van der Waals surface area contributed by atoms with Crippen LogP contribution in [0.1, 0.15) is 69.4 Å². The van der Waals surface area contributed by atoms with Crippen LogP contribution in [0.5, 0.6) is 11.5 Å².